The first-order valence-corrected chi connectivity index (χ1v) is 7.20. The summed E-state index contributed by atoms with van der Waals surface area (Å²) in [4.78, 5) is 10.6. The molecule has 0 atom stereocenters. The minimum atomic E-state index is 0.225. The molecular weight excluding hydrogens is 214 g/mol. The van der Waals surface area contributed by atoms with Crippen LogP contribution in [0.25, 0.3) is 0 Å². The summed E-state index contributed by atoms with van der Waals surface area (Å²) in [6, 6.07) is 0. The number of aliphatic hydroxyl groups excluding tert-OH is 1. The van der Waals surface area contributed by atoms with E-state index in [1.807, 2.05) is 0 Å². The van der Waals surface area contributed by atoms with Crippen molar-refractivity contribution in [2.45, 2.75) is 64.2 Å². The number of aliphatic hydroxyl groups is 1. The molecule has 1 aliphatic heterocycles. The Balaban J connectivity index is 0.000000171. The van der Waals surface area contributed by atoms with E-state index >= 15 is 0 Å². The van der Waals surface area contributed by atoms with E-state index in [-0.39, 0.29) is 5.91 Å². The molecule has 0 aromatic heterocycles. The molecule has 3 nitrogen and oxygen atoms in total. The number of amides is 1. The Hall–Kier alpha value is -0.570. The van der Waals surface area contributed by atoms with Gasteiger partial charge in [-0.1, -0.05) is 38.5 Å². The van der Waals surface area contributed by atoms with Crippen LogP contribution in [0.15, 0.2) is 0 Å². The van der Waals surface area contributed by atoms with Crippen molar-refractivity contribution in [3.63, 3.8) is 0 Å². The Kier molecular flexibility index (Phi) is 8.06. The first-order valence-electron chi connectivity index (χ1n) is 7.20. The highest BCUT2D eigenvalue weighted by Crippen LogP contribution is 2.25. The maximum atomic E-state index is 10.6. The highest BCUT2D eigenvalue weighted by molar-refractivity contribution is 5.75. The molecule has 2 N–H and O–H groups in total. The minimum absolute atomic E-state index is 0.225. The van der Waals surface area contributed by atoms with Crippen LogP contribution < -0.4 is 5.32 Å². The molecule has 100 valence electrons. The summed E-state index contributed by atoms with van der Waals surface area (Å²) >= 11 is 0. The van der Waals surface area contributed by atoms with Gasteiger partial charge in [-0.05, 0) is 25.2 Å². The molecule has 1 heterocycles. The largest absolute Gasteiger partial charge is 0.396 e. The Morgan fingerprint density at radius 2 is 1.76 bits per heavy atom. The predicted molar refractivity (Wildman–Crippen MR) is 69.8 cm³/mol. The zero-order valence-corrected chi connectivity index (χ0v) is 10.9. The first-order chi connectivity index (χ1) is 8.33. The Morgan fingerprint density at radius 3 is 2.47 bits per heavy atom. The highest BCUT2D eigenvalue weighted by Gasteiger charge is 2.11. The zero-order chi connectivity index (χ0) is 12.3. The number of nitrogens with one attached hydrogen (secondary N) is 1. The molecule has 0 aromatic rings. The number of hydrogen-bond acceptors (Lipinski definition) is 2. The van der Waals surface area contributed by atoms with Crippen LogP contribution in [0.2, 0.25) is 0 Å². The summed E-state index contributed by atoms with van der Waals surface area (Å²) in [7, 11) is 0. The van der Waals surface area contributed by atoms with Gasteiger partial charge in [-0.2, -0.15) is 0 Å². The van der Waals surface area contributed by atoms with E-state index in [1.54, 1.807) is 0 Å². The number of carbonyl (C=O) groups excluding carboxylic acids is 1. The lowest BCUT2D eigenvalue weighted by molar-refractivity contribution is -0.120. The molecule has 1 saturated carbocycles. The summed E-state index contributed by atoms with van der Waals surface area (Å²) in [6.45, 7) is 1.28. The van der Waals surface area contributed by atoms with E-state index in [2.05, 4.69) is 5.32 Å². The van der Waals surface area contributed by atoms with E-state index in [0.29, 0.717) is 6.61 Å². The van der Waals surface area contributed by atoms with Crippen molar-refractivity contribution in [1.29, 1.82) is 0 Å². The van der Waals surface area contributed by atoms with Gasteiger partial charge in [-0.3, -0.25) is 4.79 Å². The van der Waals surface area contributed by atoms with E-state index in [4.69, 9.17) is 5.11 Å². The molecule has 3 heteroatoms. The Bertz CT molecular complexity index is 188. The monoisotopic (exact) mass is 241 g/mol. The van der Waals surface area contributed by atoms with Gasteiger partial charge in [0.15, 0.2) is 0 Å². The van der Waals surface area contributed by atoms with Gasteiger partial charge >= 0.3 is 0 Å². The lowest BCUT2D eigenvalue weighted by atomic mass is 9.87. The minimum Gasteiger partial charge on any atom is -0.396 e. The molecule has 2 aliphatic rings. The molecule has 1 aliphatic carbocycles. The third-order valence-electron chi connectivity index (χ3n) is 3.66. The molecule has 17 heavy (non-hydrogen) atoms. The summed E-state index contributed by atoms with van der Waals surface area (Å²) in [5.74, 6) is 1.08. The van der Waals surface area contributed by atoms with E-state index < -0.39 is 0 Å². The van der Waals surface area contributed by atoms with Crippen LogP contribution in [0.1, 0.15) is 64.2 Å². The summed E-state index contributed by atoms with van der Waals surface area (Å²) in [5, 5.41) is 11.4. The topological polar surface area (TPSA) is 49.3 Å². The number of rotatable bonds is 2. The average Bonchev–Trinajstić information content (AvgIpc) is 2.60. The van der Waals surface area contributed by atoms with Crippen molar-refractivity contribution in [3.8, 4) is 0 Å². The molecule has 1 amide bonds. The van der Waals surface area contributed by atoms with Crippen molar-refractivity contribution in [1.82, 2.24) is 5.32 Å². The fraction of sp³-hybridized carbons (Fsp3) is 0.929. The first kappa shape index (κ1) is 14.5. The van der Waals surface area contributed by atoms with Crippen molar-refractivity contribution in [2.24, 2.45) is 5.92 Å². The van der Waals surface area contributed by atoms with Gasteiger partial charge in [0.05, 0.1) is 0 Å². The standard InChI is InChI=1S/C8H16O.C6H11NO/c9-7-6-8-4-2-1-3-5-8;8-6-4-2-1-3-5-7-6/h8-9H,1-7H2;1-5H2,(H,7,8). The molecule has 2 rings (SSSR count). The molecule has 2 fully saturated rings. The van der Waals surface area contributed by atoms with E-state index in [9.17, 15) is 4.79 Å². The van der Waals surface area contributed by atoms with Crippen LogP contribution in [0.3, 0.4) is 0 Å². The van der Waals surface area contributed by atoms with Crippen molar-refractivity contribution in [3.05, 3.63) is 0 Å². The van der Waals surface area contributed by atoms with Gasteiger partial charge in [-0.25, -0.2) is 0 Å². The van der Waals surface area contributed by atoms with Gasteiger partial charge in [0.1, 0.15) is 0 Å². The predicted octanol–water partition coefficient (Wildman–Crippen LogP) is 2.63. The second kappa shape index (κ2) is 9.46. The maximum absolute atomic E-state index is 10.6. The fourth-order valence-corrected chi connectivity index (χ4v) is 2.56. The molecule has 0 unspecified atom stereocenters. The normalized spacial score (nSPS) is 22.1. The SMILES string of the molecule is O=C1CCCCCN1.OCCC1CCCCC1. The Labute approximate surface area is 105 Å². The summed E-state index contributed by atoms with van der Waals surface area (Å²) < 4.78 is 0. The molecule has 0 spiro atoms. The van der Waals surface area contributed by atoms with Gasteiger partial charge in [-0.15, -0.1) is 0 Å². The second-order valence-electron chi connectivity index (χ2n) is 5.18. The van der Waals surface area contributed by atoms with Gasteiger partial charge in [0.25, 0.3) is 0 Å². The van der Waals surface area contributed by atoms with Gasteiger partial charge in [0, 0.05) is 19.6 Å². The average molecular weight is 241 g/mol. The highest BCUT2D eigenvalue weighted by atomic mass is 16.3. The lowest BCUT2D eigenvalue weighted by Gasteiger charge is -2.19. The molecular formula is C14H27NO2. The molecule has 1 saturated heterocycles. The van der Waals surface area contributed by atoms with E-state index in [1.165, 1.54) is 38.5 Å². The molecule has 0 aromatic carbocycles. The van der Waals surface area contributed by atoms with Crippen LogP contribution in [0.5, 0.6) is 0 Å². The quantitative estimate of drug-likeness (QED) is 0.781. The third kappa shape index (κ3) is 7.37. The van der Waals surface area contributed by atoms with Crippen LogP contribution in [-0.4, -0.2) is 24.2 Å². The smallest absolute Gasteiger partial charge is 0.219 e. The van der Waals surface area contributed by atoms with E-state index in [0.717, 1.165) is 38.1 Å². The van der Waals surface area contributed by atoms with Crippen molar-refractivity contribution in [2.75, 3.05) is 13.2 Å². The zero-order valence-electron chi connectivity index (χ0n) is 10.9. The Morgan fingerprint density at radius 1 is 1.06 bits per heavy atom. The van der Waals surface area contributed by atoms with Crippen molar-refractivity contribution < 1.29 is 9.90 Å². The maximum Gasteiger partial charge on any atom is 0.219 e. The molecule has 0 bridgehead atoms. The van der Waals surface area contributed by atoms with Gasteiger partial charge in [0.2, 0.25) is 5.91 Å². The lowest BCUT2D eigenvalue weighted by Crippen LogP contribution is -2.21. The van der Waals surface area contributed by atoms with Crippen LogP contribution in [-0.2, 0) is 4.79 Å². The van der Waals surface area contributed by atoms with Crippen molar-refractivity contribution >= 4 is 5.91 Å². The molecule has 0 radical (unpaired) electrons. The summed E-state index contributed by atoms with van der Waals surface area (Å²) in [6.07, 6.45) is 12.1. The van der Waals surface area contributed by atoms with Crippen LogP contribution in [0.4, 0.5) is 0 Å². The fourth-order valence-electron chi connectivity index (χ4n) is 2.56. The summed E-state index contributed by atoms with van der Waals surface area (Å²) in [5.41, 5.74) is 0. The third-order valence-corrected chi connectivity index (χ3v) is 3.66. The number of carbonyl (C=O) groups is 1. The van der Waals surface area contributed by atoms with Gasteiger partial charge < -0.3 is 10.4 Å². The van der Waals surface area contributed by atoms with Crippen LogP contribution in [0, 0.1) is 5.92 Å². The number of hydrogen-bond donors (Lipinski definition) is 2. The van der Waals surface area contributed by atoms with Crippen LogP contribution >= 0.6 is 0 Å². The second-order valence-corrected chi connectivity index (χ2v) is 5.18.